The van der Waals surface area contributed by atoms with Crippen LogP contribution >= 0.6 is 34.5 Å². The van der Waals surface area contributed by atoms with Crippen molar-refractivity contribution in [3.8, 4) is 0 Å². The maximum absolute atomic E-state index is 12.6. The summed E-state index contributed by atoms with van der Waals surface area (Å²) in [5, 5.41) is 9.31. The Bertz CT molecular complexity index is 666. The van der Waals surface area contributed by atoms with E-state index in [0.717, 1.165) is 15.6 Å². The summed E-state index contributed by atoms with van der Waals surface area (Å²) in [7, 11) is -3.79. The van der Waals surface area contributed by atoms with Crippen LogP contribution in [0.5, 0.6) is 0 Å². The van der Waals surface area contributed by atoms with E-state index in [2.05, 4.69) is 0 Å². The summed E-state index contributed by atoms with van der Waals surface area (Å²) in [6.07, 6.45) is 0. The molecule has 0 bridgehead atoms. The van der Waals surface area contributed by atoms with Gasteiger partial charge in [-0.25, -0.2) is 8.42 Å². The number of aliphatic hydroxyl groups excluding tert-OH is 1. The van der Waals surface area contributed by atoms with Crippen molar-refractivity contribution in [3.63, 3.8) is 0 Å². The van der Waals surface area contributed by atoms with Gasteiger partial charge in [-0.3, -0.25) is 4.31 Å². The lowest BCUT2D eigenvalue weighted by molar-refractivity contribution is 0.306. The summed E-state index contributed by atoms with van der Waals surface area (Å²) in [5.41, 5.74) is 0.474. The highest BCUT2D eigenvalue weighted by atomic mass is 35.5. The molecule has 0 spiro atoms. The first-order valence-corrected chi connectivity index (χ1v) is 8.61. The number of hydrogen-bond donors (Lipinski definition) is 1. The molecule has 1 heterocycles. The lowest BCUT2D eigenvalue weighted by atomic mass is 10.3. The minimum Gasteiger partial charge on any atom is -0.394 e. The van der Waals surface area contributed by atoms with Gasteiger partial charge >= 0.3 is 0 Å². The molecule has 8 heteroatoms. The Morgan fingerprint density at radius 1 is 1.20 bits per heavy atom. The van der Waals surface area contributed by atoms with Crippen LogP contribution in [0.1, 0.15) is 0 Å². The largest absolute Gasteiger partial charge is 0.394 e. The molecular formula is C12H11Cl2NO3S2. The monoisotopic (exact) mass is 351 g/mol. The molecule has 20 heavy (non-hydrogen) atoms. The van der Waals surface area contributed by atoms with Crippen molar-refractivity contribution >= 4 is 50.2 Å². The van der Waals surface area contributed by atoms with E-state index in [1.165, 1.54) is 6.07 Å². The van der Waals surface area contributed by atoms with Gasteiger partial charge in [0.2, 0.25) is 0 Å². The van der Waals surface area contributed by atoms with E-state index >= 15 is 0 Å². The van der Waals surface area contributed by atoms with Crippen LogP contribution in [0.3, 0.4) is 0 Å². The van der Waals surface area contributed by atoms with E-state index < -0.39 is 10.0 Å². The van der Waals surface area contributed by atoms with E-state index in [1.54, 1.807) is 30.3 Å². The van der Waals surface area contributed by atoms with Gasteiger partial charge < -0.3 is 5.11 Å². The summed E-state index contributed by atoms with van der Waals surface area (Å²) in [6.45, 7) is -0.333. The van der Waals surface area contributed by atoms with Crippen LogP contribution in [-0.2, 0) is 10.0 Å². The maximum atomic E-state index is 12.6. The molecule has 0 atom stereocenters. The molecule has 0 saturated heterocycles. The molecule has 0 aliphatic heterocycles. The zero-order valence-electron chi connectivity index (χ0n) is 10.2. The third-order valence-corrected chi connectivity index (χ3v) is 6.66. The zero-order chi connectivity index (χ0) is 14.8. The standard InChI is InChI=1S/C12H11Cl2NO3S2/c13-10-8-11(19-12(10)14)20(17,18)15(6-7-16)9-4-2-1-3-5-9/h1-5,8,16H,6-7H2. The first-order chi connectivity index (χ1) is 9.46. The number of anilines is 1. The molecule has 0 aliphatic rings. The SMILES string of the molecule is O=S(=O)(c1cc(Cl)c(Cl)s1)N(CCO)c1ccccc1. The minimum atomic E-state index is -3.79. The average molecular weight is 352 g/mol. The van der Waals surface area contributed by atoms with E-state index in [4.69, 9.17) is 28.3 Å². The van der Waals surface area contributed by atoms with Crippen LogP contribution < -0.4 is 4.31 Å². The van der Waals surface area contributed by atoms with E-state index in [1.807, 2.05) is 0 Å². The number of thiophene rings is 1. The van der Waals surface area contributed by atoms with E-state index in [-0.39, 0.29) is 26.7 Å². The second kappa shape index (κ2) is 6.32. The van der Waals surface area contributed by atoms with Crippen molar-refractivity contribution in [1.82, 2.24) is 0 Å². The van der Waals surface area contributed by atoms with Gasteiger partial charge in [0.05, 0.1) is 23.9 Å². The lowest BCUT2D eigenvalue weighted by Gasteiger charge is -2.22. The normalized spacial score (nSPS) is 11.6. The molecule has 108 valence electrons. The average Bonchev–Trinajstić information content (AvgIpc) is 2.77. The number of sulfonamides is 1. The van der Waals surface area contributed by atoms with Crippen molar-refractivity contribution in [2.45, 2.75) is 4.21 Å². The van der Waals surface area contributed by atoms with Crippen LogP contribution in [0.4, 0.5) is 5.69 Å². The summed E-state index contributed by atoms with van der Waals surface area (Å²) in [5.74, 6) is 0. The molecule has 4 nitrogen and oxygen atoms in total. The molecule has 0 aliphatic carbocycles. The van der Waals surface area contributed by atoms with Crippen molar-refractivity contribution in [2.24, 2.45) is 0 Å². The number of aliphatic hydroxyl groups is 1. The fourth-order valence-corrected chi connectivity index (χ4v) is 5.09. The van der Waals surface area contributed by atoms with Gasteiger partial charge in [0.1, 0.15) is 8.55 Å². The Balaban J connectivity index is 2.48. The Morgan fingerprint density at radius 2 is 1.85 bits per heavy atom. The minimum absolute atomic E-state index is 0.0422. The maximum Gasteiger partial charge on any atom is 0.274 e. The van der Waals surface area contributed by atoms with Gasteiger partial charge in [0, 0.05) is 0 Å². The van der Waals surface area contributed by atoms with Crippen molar-refractivity contribution in [1.29, 1.82) is 0 Å². The van der Waals surface area contributed by atoms with E-state index in [9.17, 15) is 8.42 Å². The molecule has 0 saturated carbocycles. The molecule has 2 aromatic rings. The predicted molar refractivity (Wildman–Crippen MR) is 82.4 cm³/mol. The summed E-state index contributed by atoms with van der Waals surface area (Å²) >= 11 is 12.5. The topological polar surface area (TPSA) is 57.6 Å². The molecule has 1 aromatic heterocycles. The smallest absolute Gasteiger partial charge is 0.274 e. The lowest BCUT2D eigenvalue weighted by Crippen LogP contribution is -2.33. The van der Waals surface area contributed by atoms with Crippen LogP contribution in [0.2, 0.25) is 9.36 Å². The fourth-order valence-electron chi connectivity index (χ4n) is 1.64. The Morgan fingerprint density at radius 3 is 2.35 bits per heavy atom. The molecule has 0 unspecified atom stereocenters. The molecular weight excluding hydrogens is 341 g/mol. The molecule has 0 radical (unpaired) electrons. The molecule has 0 fully saturated rings. The van der Waals surface area contributed by atoms with Crippen LogP contribution in [0.25, 0.3) is 0 Å². The first-order valence-electron chi connectivity index (χ1n) is 5.60. The third kappa shape index (κ3) is 3.10. The highest BCUT2D eigenvalue weighted by molar-refractivity contribution is 7.94. The van der Waals surface area contributed by atoms with Gasteiger partial charge in [-0.1, -0.05) is 41.4 Å². The number of nitrogens with zero attached hydrogens (tertiary/aromatic N) is 1. The third-order valence-electron chi connectivity index (χ3n) is 2.51. The molecule has 0 amide bonds. The van der Waals surface area contributed by atoms with Crippen molar-refractivity contribution in [3.05, 3.63) is 45.8 Å². The molecule has 1 aromatic carbocycles. The number of hydrogen-bond acceptors (Lipinski definition) is 4. The second-order valence-electron chi connectivity index (χ2n) is 3.82. The molecule has 1 N–H and O–H groups in total. The number of para-hydroxylation sites is 1. The first kappa shape index (κ1) is 15.6. The Kier molecular flexibility index (Phi) is 4.93. The van der Waals surface area contributed by atoms with Crippen LogP contribution in [0, 0.1) is 0 Å². The van der Waals surface area contributed by atoms with Gasteiger partial charge in [0.15, 0.2) is 0 Å². The molecule has 2 rings (SSSR count). The van der Waals surface area contributed by atoms with Crippen molar-refractivity contribution in [2.75, 3.05) is 17.5 Å². The zero-order valence-corrected chi connectivity index (χ0v) is 13.3. The highest BCUT2D eigenvalue weighted by Crippen LogP contribution is 2.36. The Hall–Kier alpha value is -0.790. The summed E-state index contributed by atoms with van der Waals surface area (Å²) in [4.78, 5) is 0. The number of rotatable bonds is 5. The van der Waals surface area contributed by atoms with Gasteiger partial charge in [-0.2, -0.15) is 0 Å². The van der Waals surface area contributed by atoms with Gasteiger partial charge in [-0.15, -0.1) is 11.3 Å². The summed E-state index contributed by atoms with van der Waals surface area (Å²) in [6, 6.07) is 9.87. The predicted octanol–water partition coefficient (Wildman–Crippen LogP) is 3.24. The number of halogens is 2. The Labute approximate surface area is 131 Å². The fraction of sp³-hybridized carbons (Fsp3) is 0.167. The van der Waals surface area contributed by atoms with Crippen molar-refractivity contribution < 1.29 is 13.5 Å². The van der Waals surface area contributed by atoms with Crippen LogP contribution in [0.15, 0.2) is 40.6 Å². The van der Waals surface area contributed by atoms with Gasteiger partial charge in [-0.05, 0) is 18.2 Å². The second-order valence-corrected chi connectivity index (χ2v) is 7.97. The van der Waals surface area contributed by atoms with Gasteiger partial charge in [0.25, 0.3) is 10.0 Å². The summed E-state index contributed by atoms with van der Waals surface area (Å²) < 4.78 is 26.6. The highest BCUT2D eigenvalue weighted by Gasteiger charge is 2.27. The quantitative estimate of drug-likeness (QED) is 0.899. The number of benzene rings is 1. The van der Waals surface area contributed by atoms with E-state index in [0.29, 0.717) is 5.69 Å². The van der Waals surface area contributed by atoms with Crippen LogP contribution in [-0.4, -0.2) is 26.7 Å².